The van der Waals surface area contributed by atoms with Crippen LogP contribution in [0.2, 0.25) is 0 Å². The number of hydrogen-bond acceptors (Lipinski definition) is 3. The van der Waals surface area contributed by atoms with E-state index < -0.39 is 0 Å². The highest BCUT2D eigenvalue weighted by Crippen LogP contribution is 2.16. The van der Waals surface area contributed by atoms with Crippen LogP contribution in [0.1, 0.15) is 28.1 Å². The molecule has 2 aromatic heterocycles. The fraction of sp³-hybridized carbons (Fsp3) is 0.500. The zero-order valence-electron chi connectivity index (χ0n) is 14.2. The lowest BCUT2D eigenvalue weighted by Gasteiger charge is -2.10. The molecule has 0 bridgehead atoms. The molecule has 0 amide bonds. The lowest BCUT2D eigenvalue weighted by molar-refractivity contribution is 0.801. The number of aryl methyl sites for hydroxylation is 3. The number of thiazole rings is 1. The second-order valence-electron chi connectivity index (χ2n) is 5.30. The quantitative estimate of drug-likeness (QED) is 0.407. The molecule has 0 aromatic carbocycles. The van der Waals surface area contributed by atoms with Crippen molar-refractivity contribution >= 4 is 41.3 Å². The minimum absolute atomic E-state index is 0. The first-order valence-electron chi connectivity index (χ1n) is 7.64. The summed E-state index contributed by atoms with van der Waals surface area (Å²) in [6.07, 6.45) is 5.11. The van der Waals surface area contributed by atoms with Gasteiger partial charge in [-0.15, -0.1) is 35.3 Å². The minimum atomic E-state index is 0. The molecule has 2 N–H and O–H groups in total. The number of guanidine groups is 1. The summed E-state index contributed by atoms with van der Waals surface area (Å²) in [6.45, 7) is 8.63. The number of hydrogen-bond donors (Lipinski definition) is 2. The molecular formula is C16H26IN5S. The molecule has 0 saturated heterocycles. The molecule has 2 heterocycles. The third-order valence-electron chi connectivity index (χ3n) is 3.30. The van der Waals surface area contributed by atoms with Crippen molar-refractivity contribution in [1.29, 1.82) is 0 Å². The highest BCUT2D eigenvalue weighted by atomic mass is 127. The number of nitrogens with one attached hydrogen (secondary N) is 2. The average molecular weight is 447 g/mol. The van der Waals surface area contributed by atoms with E-state index in [1.54, 1.807) is 11.3 Å². The molecule has 0 atom stereocenters. The molecule has 0 aliphatic carbocycles. The maximum absolute atomic E-state index is 4.62. The Labute approximate surface area is 159 Å². The van der Waals surface area contributed by atoms with Crippen LogP contribution in [0.15, 0.2) is 23.5 Å². The molecule has 0 aliphatic rings. The van der Waals surface area contributed by atoms with Gasteiger partial charge in [0.05, 0.1) is 17.2 Å². The predicted octanol–water partition coefficient (Wildman–Crippen LogP) is 3.01. The summed E-state index contributed by atoms with van der Waals surface area (Å²) in [6, 6.07) is 2.09. The largest absolute Gasteiger partial charge is 0.357 e. The van der Waals surface area contributed by atoms with Crippen LogP contribution in [0.5, 0.6) is 0 Å². The van der Waals surface area contributed by atoms with Gasteiger partial charge in [-0.3, -0.25) is 0 Å². The van der Waals surface area contributed by atoms with Crippen LogP contribution in [0.25, 0.3) is 0 Å². The SMILES string of the molecule is CCNC(=NCc1ccn(C)c1)NCCc1sc(C)nc1C.I. The first kappa shape index (κ1) is 20.0. The van der Waals surface area contributed by atoms with Crippen LogP contribution >= 0.6 is 35.3 Å². The van der Waals surface area contributed by atoms with Crippen molar-refractivity contribution in [2.45, 2.75) is 33.7 Å². The predicted molar refractivity (Wildman–Crippen MR) is 109 cm³/mol. The van der Waals surface area contributed by atoms with E-state index in [9.17, 15) is 0 Å². The highest BCUT2D eigenvalue weighted by Gasteiger charge is 2.05. The van der Waals surface area contributed by atoms with Crippen LogP contribution in [0.3, 0.4) is 0 Å². The first-order chi connectivity index (χ1) is 10.6. The van der Waals surface area contributed by atoms with E-state index in [0.29, 0.717) is 6.54 Å². The minimum Gasteiger partial charge on any atom is -0.357 e. The Morgan fingerprint density at radius 3 is 2.70 bits per heavy atom. The number of halogens is 1. The van der Waals surface area contributed by atoms with Gasteiger partial charge in [0.1, 0.15) is 0 Å². The van der Waals surface area contributed by atoms with Crippen molar-refractivity contribution in [3.8, 4) is 0 Å². The molecule has 7 heteroatoms. The van der Waals surface area contributed by atoms with Gasteiger partial charge in [-0.2, -0.15) is 0 Å². The number of rotatable bonds is 6. The Morgan fingerprint density at radius 1 is 1.35 bits per heavy atom. The molecule has 0 radical (unpaired) electrons. The molecule has 23 heavy (non-hydrogen) atoms. The molecule has 0 aliphatic heterocycles. The topological polar surface area (TPSA) is 54.2 Å². The Balaban J connectivity index is 0.00000264. The van der Waals surface area contributed by atoms with Gasteiger partial charge < -0.3 is 15.2 Å². The lowest BCUT2D eigenvalue weighted by Crippen LogP contribution is -2.38. The van der Waals surface area contributed by atoms with Crippen LogP contribution in [0.4, 0.5) is 0 Å². The maximum Gasteiger partial charge on any atom is 0.191 e. The molecule has 0 saturated carbocycles. The van der Waals surface area contributed by atoms with Gasteiger partial charge in [0.2, 0.25) is 0 Å². The number of aromatic nitrogens is 2. The van der Waals surface area contributed by atoms with E-state index in [1.807, 2.05) is 17.8 Å². The number of aliphatic imine (C=N–C) groups is 1. The van der Waals surface area contributed by atoms with E-state index in [4.69, 9.17) is 0 Å². The molecule has 128 valence electrons. The molecule has 2 aromatic rings. The van der Waals surface area contributed by atoms with Crippen molar-refractivity contribution < 1.29 is 0 Å². The van der Waals surface area contributed by atoms with Crippen LogP contribution in [-0.4, -0.2) is 28.6 Å². The van der Waals surface area contributed by atoms with E-state index in [-0.39, 0.29) is 24.0 Å². The van der Waals surface area contributed by atoms with Crippen molar-refractivity contribution in [2.75, 3.05) is 13.1 Å². The lowest BCUT2D eigenvalue weighted by atomic mass is 10.3. The fourth-order valence-corrected chi connectivity index (χ4v) is 3.20. The third-order valence-corrected chi connectivity index (χ3v) is 4.43. The van der Waals surface area contributed by atoms with E-state index in [1.165, 1.54) is 10.4 Å². The Kier molecular flexibility index (Phi) is 8.60. The summed E-state index contributed by atoms with van der Waals surface area (Å²) >= 11 is 1.78. The average Bonchev–Trinajstić information content (AvgIpc) is 3.02. The second kappa shape index (κ2) is 9.92. The van der Waals surface area contributed by atoms with Crippen molar-refractivity contribution in [2.24, 2.45) is 12.0 Å². The normalized spacial score (nSPS) is 11.2. The van der Waals surface area contributed by atoms with Gasteiger partial charge in [-0.05, 0) is 32.4 Å². The Bertz CT molecular complexity index is 632. The van der Waals surface area contributed by atoms with Gasteiger partial charge in [-0.25, -0.2) is 9.98 Å². The van der Waals surface area contributed by atoms with Gasteiger partial charge in [0.25, 0.3) is 0 Å². The number of nitrogens with zero attached hydrogens (tertiary/aromatic N) is 3. The monoisotopic (exact) mass is 447 g/mol. The molecule has 5 nitrogen and oxygen atoms in total. The Morgan fingerprint density at radius 2 is 2.13 bits per heavy atom. The molecule has 0 unspecified atom stereocenters. The first-order valence-corrected chi connectivity index (χ1v) is 8.46. The standard InChI is InChI=1S/C16H25N5S.HI/c1-5-17-16(19-10-14-7-9-21(4)11-14)18-8-6-15-12(2)20-13(3)22-15;/h7,9,11H,5-6,8,10H2,1-4H3,(H2,17,18,19);1H. The third kappa shape index (κ3) is 6.50. The van der Waals surface area contributed by atoms with Crippen molar-refractivity contribution in [3.63, 3.8) is 0 Å². The summed E-state index contributed by atoms with van der Waals surface area (Å²) < 4.78 is 2.04. The second-order valence-corrected chi connectivity index (χ2v) is 6.59. The Hall–Kier alpha value is -1.09. The highest BCUT2D eigenvalue weighted by molar-refractivity contribution is 14.0. The van der Waals surface area contributed by atoms with Crippen LogP contribution in [0, 0.1) is 13.8 Å². The van der Waals surface area contributed by atoms with Crippen LogP contribution in [-0.2, 0) is 20.0 Å². The van der Waals surface area contributed by atoms with E-state index in [2.05, 4.69) is 53.6 Å². The van der Waals surface area contributed by atoms with Gasteiger partial charge >= 0.3 is 0 Å². The summed E-state index contributed by atoms with van der Waals surface area (Å²) in [5, 5.41) is 7.82. The summed E-state index contributed by atoms with van der Waals surface area (Å²) in [5.74, 6) is 0.866. The van der Waals surface area contributed by atoms with Crippen molar-refractivity contribution in [3.05, 3.63) is 39.6 Å². The molecular weight excluding hydrogens is 421 g/mol. The summed E-state index contributed by atoms with van der Waals surface area (Å²) in [7, 11) is 2.02. The van der Waals surface area contributed by atoms with Gasteiger partial charge in [-0.1, -0.05) is 0 Å². The molecule has 0 fully saturated rings. The summed E-state index contributed by atoms with van der Waals surface area (Å²) in [5.41, 5.74) is 2.36. The van der Waals surface area contributed by atoms with Crippen molar-refractivity contribution in [1.82, 2.24) is 20.2 Å². The molecule has 2 rings (SSSR count). The van der Waals surface area contributed by atoms with Gasteiger partial charge in [0, 0.05) is 43.8 Å². The zero-order valence-corrected chi connectivity index (χ0v) is 17.4. The summed E-state index contributed by atoms with van der Waals surface area (Å²) in [4.78, 5) is 10.4. The smallest absolute Gasteiger partial charge is 0.191 e. The van der Waals surface area contributed by atoms with Gasteiger partial charge in [0.15, 0.2) is 5.96 Å². The zero-order chi connectivity index (χ0) is 15.9. The van der Waals surface area contributed by atoms with E-state index >= 15 is 0 Å². The maximum atomic E-state index is 4.62. The molecule has 0 spiro atoms. The van der Waals surface area contributed by atoms with E-state index in [0.717, 1.165) is 36.2 Å². The van der Waals surface area contributed by atoms with Crippen LogP contribution < -0.4 is 10.6 Å². The fourth-order valence-electron chi connectivity index (χ4n) is 2.27.